The highest BCUT2D eigenvalue weighted by molar-refractivity contribution is 5.88. The van der Waals surface area contributed by atoms with Gasteiger partial charge in [0.25, 0.3) is 0 Å². The number of carbonyl (C=O) groups is 1. The van der Waals surface area contributed by atoms with Crippen LogP contribution in [0, 0.1) is 5.82 Å². The second-order valence-electron chi connectivity index (χ2n) is 5.42. The molecule has 0 spiro atoms. The molecule has 1 heterocycles. The number of nitrogens with two attached hydrogens (primary N) is 1. The lowest BCUT2D eigenvalue weighted by molar-refractivity contribution is -0.123. The average Bonchev–Trinajstić information content (AvgIpc) is 2.41. The molecule has 1 amide bonds. The van der Waals surface area contributed by atoms with Crippen LogP contribution in [0.5, 0.6) is 0 Å². The first kappa shape index (κ1) is 14.8. The molecule has 3 N–H and O–H groups in total. The zero-order chi connectivity index (χ0) is 14.6. The Labute approximate surface area is 119 Å². The lowest BCUT2D eigenvalue weighted by Gasteiger charge is -2.40. The van der Waals surface area contributed by atoms with Crippen molar-refractivity contribution in [3.8, 4) is 0 Å². The molecule has 1 aromatic rings. The van der Waals surface area contributed by atoms with Crippen LogP contribution in [-0.4, -0.2) is 36.0 Å². The summed E-state index contributed by atoms with van der Waals surface area (Å²) in [7, 11) is 0. The molecule has 0 radical (unpaired) electrons. The van der Waals surface area contributed by atoms with E-state index in [1.807, 2.05) is 0 Å². The Kier molecular flexibility index (Phi) is 4.60. The molecule has 0 bridgehead atoms. The number of rotatable bonds is 5. The molecule has 0 aliphatic carbocycles. The highest BCUT2D eigenvalue weighted by Crippen LogP contribution is 2.27. The van der Waals surface area contributed by atoms with Gasteiger partial charge in [-0.05, 0) is 44.0 Å². The van der Waals surface area contributed by atoms with E-state index in [1.165, 1.54) is 12.1 Å². The monoisotopic (exact) mass is 279 g/mol. The molecule has 1 aliphatic rings. The predicted molar refractivity (Wildman–Crippen MR) is 77.9 cm³/mol. The summed E-state index contributed by atoms with van der Waals surface area (Å²) in [6, 6.07) is 6.15. The quantitative estimate of drug-likeness (QED) is 0.866. The van der Waals surface area contributed by atoms with E-state index in [-0.39, 0.29) is 11.7 Å². The Hall–Kier alpha value is -1.62. The van der Waals surface area contributed by atoms with Crippen LogP contribution >= 0.6 is 0 Å². The van der Waals surface area contributed by atoms with Crippen molar-refractivity contribution >= 4 is 11.6 Å². The Morgan fingerprint density at radius 2 is 2.15 bits per heavy atom. The van der Waals surface area contributed by atoms with E-state index in [9.17, 15) is 9.18 Å². The average molecular weight is 279 g/mol. The lowest BCUT2D eigenvalue weighted by atomic mass is 9.86. The van der Waals surface area contributed by atoms with Gasteiger partial charge in [-0.1, -0.05) is 13.0 Å². The number of hydrogen-bond acceptors (Lipinski definition) is 3. The van der Waals surface area contributed by atoms with E-state index in [0.29, 0.717) is 18.5 Å². The maximum absolute atomic E-state index is 13.2. The van der Waals surface area contributed by atoms with Gasteiger partial charge in [0.05, 0.1) is 0 Å². The molecule has 0 unspecified atom stereocenters. The van der Waals surface area contributed by atoms with Crippen molar-refractivity contribution in [1.82, 2.24) is 4.90 Å². The van der Waals surface area contributed by atoms with Crippen molar-refractivity contribution in [3.63, 3.8) is 0 Å². The Morgan fingerprint density at radius 3 is 2.70 bits per heavy atom. The summed E-state index contributed by atoms with van der Waals surface area (Å²) in [5, 5.41) is 3.16. The molecule has 1 aromatic carbocycles. The fourth-order valence-electron chi connectivity index (χ4n) is 2.75. The molecule has 1 fully saturated rings. The zero-order valence-electron chi connectivity index (χ0n) is 11.9. The van der Waals surface area contributed by atoms with E-state index >= 15 is 0 Å². The molecule has 1 saturated heterocycles. The van der Waals surface area contributed by atoms with Crippen LogP contribution in [0.25, 0.3) is 0 Å². The fraction of sp³-hybridized carbons (Fsp3) is 0.533. The molecule has 20 heavy (non-hydrogen) atoms. The van der Waals surface area contributed by atoms with Crippen LogP contribution in [0.1, 0.15) is 26.2 Å². The van der Waals surface area contributed by atoms with Gasteiger partial charge in [-0.3, -0.25) is 4.79 Å². The second kappa shape index (κ2) is 6.22. The SMILES string of the molecule is CCCN1CCC(Nc2cccc(F)c2)(C(N)=O)CC1. The van der Waals surface area contributed by atoms with Gasteiger partial charge in [-0.15, -0.1) is 0 Å². The molecule has 0 saturated carbocycles. The first-order valence-electron chi connectivity index (χ1n) is 7.12. The smallest absolute Gasteiger partial charge is 0.243 e. The van der Waals surface area contributed by atoms with E-state index in [1.54, 1.807) is 12.1 Å². The molecule has 0 atom stereocenters. The highest BCUT2D eigenvalue weighted by atomic mass is 19.1. The molecular weight excluding hydrogens is 257 g/mol. The van der Waals surface area contributed by atoms with E-state index in [4.69, 9.17) is 5.73 Å². The standard InChI is InChI=1S/C15H22FN3O/c1-2-8-19-9-6-15(7-10-19,14(17)20)18-13-5-3-4-12(16)11-13/h3-5,11,18H,2,6-10H2,1H3,(H2,17,20). The van der Waals surface area contributed by atoms with Crippen LogP contribution in [0.3, 0.4) is 0 Å². The number of carbonyl (C=O) groups excluding carboxylic acids is 1. The van der Waals surface area contributed by atoms with E-state index < -0.39 is 5.54 Å². The van der Waals surface area contributed by atoms with Crippen LogP contribution in [0.4, 0.5) is 10.1 Å². The number of nitrogens with zero attached hydrogens (tertiary/aromatic N) is 1. The Morgan fingerprint density at radius 1 is 1.45 bits per heavy atom. The lowest BCUT2D eigenvalue weighted by Crippen LogP contribution is -2.57. The predicted octanol–water partition coefficient (Wildman–Crippen LogP) is 1.97. The minimum absolute atomic E-state index is 0.321. The summed E-state index contributed by atoms with van der Waals surface area (Å²) in [5.41, 5.74) is 5.43. The summed E-state index contributed by atoms with van der Waals surface area (Å²) >= 11 is 0. The van der Waals surface area contributed by atoms with Crippen LogP contribution in [0.2, 0.25) is 0 Å². The summed E-state index contributed by atoms with van der Waals surface area (Å²) in [6.45, 7) is 4.84. The molecule has 5 heteroatoms. The van der Waals surface area contributed by atoms with E-state index in [0.717, 1.165) is 26.1 Å². The fourth-order valence-corrected chi connectivity index (χ4v) is 2.75. The highest BCUT2D eigenvalue weighted by Gasteiger charge is 2.39. The third kappa shape index (κ3) is 3.28. The maximum Gasteiger partial charge on any atom is 0.243 e. The van der Waals surface area contributed by atoms with Gasteiger partial charge in [-0.2, -0.15) is 0 Å². The number of hydrogen-bond donors (Lipinski definition) is 2. The molecular formula is C15H22FN3O. The zero-order valence-corrected chi connectivity index (χ0v) is 11.9. The minimum atomic E-state index is -0.766. The van der Waals surface area contributed by atoms with Crippen molar-refractivity contribution in [3.05, 3.63) is 30.1 Å². The van der Waals surface area contributed by atoms with Gasteiger partial charge in [0.15, 0.2) is 0 Å². The summed E-state index contributed by atoms with van der Waals surface area (Å²) < 4.78 is 13.2. The van der Waals surface area contributed by atoms with Crippen LogP contribution in [0.15, 0.2) is 24.3 Å². The maximum atomic E-state index is 13.2. The van der Waals surface area contributed by atoms with Gasteiger partial charge < -0.3 is 16.0 Å². The molecule has 110 valence electrons. The first-order valence-corrected chi connectivity index (χ1v) is 7.12. The van der Waals surface area contributed by atoms with Gasteiger partial charge in [-0.25, -0.2) is 4.39 Å². The number of primary amides is 1. The van der Waals surface area contributed by atoms with Crippen molar-refractivity contribution < 1.29 is 9.18 Å². The largest absolute Gasteiger partial charge is 0.371 e. The number of nitrogens with one attached hydrogen (secondary N) is 1. The minimum Gasteiger partial charge on any atom is -0.371 e. The number of amides is 1. The van der Waals surface area contributed by atoms with Gasteiger partial charge in [0, 0.05) is 18.8 Å². The van der Waals surface area contributed by atoms with E-state index in [2.05, 4.69) is 17.1 Å². The number of anilines is 1. The van der Waals surface area contributed by atoms with Crippen LogP contribution in [-0.2, 0) is 4.79 Å². The summed E-state index contributed by atoms with van der Waals surface area (Å²) in [5.74, 6) is -0.684. The summed E-state index contributed by atoms with van der Waals surface area (Å²) in [6.07, 6.45) is 2.40. The van der Waals surface area contributed by atoms with Gasteiger partial charge in [0.1, 0.15) is 11.4 Å². The number of likely N-dealkylation sites (tertiary alicyclic amines) is 1. The Bertz CT molecular complexity index is 470. The third-order valence-corrected chi connectivity index (χ3v) is 3.93. The van der Waals surface area contributed by atoms with Crippen molar-refractivity contribution in [2.75, 3.05) is 25.0 Å². The number of benzene rings is 1. The second-order valence-corrected chi connectivity index (χ2v) is 5.42. The van der Waals surface area contributed by atoms with Crippen molar-refractivity contribution in [1.29, 1.82) is 0 Å². The topological polar surface area (TPSA) is 58.4 Å². The molecule has 4 nitrogen and oxygen atoms in total. The summed E-state index contributed by atoms with van der Waals surface area (Å²) in [4.78, 5) is 14.2. The Balaban J connectivity index is 2.10. The first-order chi connectivity index (χ1) is 9.55. The normalized spacial score (nSPS) is 18.7. The number of piperidine rings is 1. The number of halogens is 1. The van der Waals surface area contributed by atoms with Crippen molar-refractivity contribution in [2.45, 2.75) is 31.7 Å². The molecule has 0 aromatic heterocycles. The van der Waals surface area contributed by atoms with Crippen molar-refractivity contribution in [2.24, 2.45) is 5.73 Å². The van der Waals surface area contributed by atoms with Gasteiger partial charge in [0.2, 0.25) is 5.91 Å². The molecule has 2 rings (SSSR count). The molecule has 1 aliphatic heterocycles. The third-order valence-electron chi connectivity index (χ3n) is 3.93. The van der Waals surface area contributed by atoms with Crippen LogP contribution < -0.4 is 11.1 Å². The van der Waals surface area contributed by atoms with Gasteiger partial charge >= 0.3 is 0 Å².